The second-order valence-electron chi connectivity index (χ2n) is 6.37. The Morgan fingerprint density at radius 3 is 2.81 bits per heavy atom. The Morgan fingerprint density at radius 1 is 1.43 bits per heavy atom. The van der Waals surface area contributed by atoms with Gasteiger partial charge in [0.25, 0.3) is 0 Å². The van der Waals surface area contributed by atoms with Crippen molar-refractivity contribution in [2.24, 2.45) is 0 Å². The maximum absolute atomic E-state index is 4.24. The summed E-state index contributed by atoms with van der Waals surface area (Å²) in [6, 6.07) is 1.28. The van der Waals surface area contributed by atoms with Crippen LogP contribution >= 0.6 is 0 Å². The lowest BCUT2D eigenvalue weighted by molar-refractivity contribution is 0.173. The van der Waals surface area contributed by atoms with Crippen molar-refractivity contribution in [1.29, 1.82) is 0 Å². The largest absolute Gasteiger partial charge is 0.308 e. The zero-order valence-electron chi connectivity index (χ0n) is 13.9. The number of nitrogens with one attached hydrogen (secondary N) is 1. The topological polar surface area (TPSA) is 49.2 Å². The Balaban J connectivity index is 1.74. The van der Waals surface area contributed by atoms with Crippen LogP contribution in [0.3, 0.4) is 0 Å². The predicted octanol–water partition coefficient (Wildman–Crippen LogP) is 0.802. The van der Waals surface area contributed by atoms with Gasteiger partial charge in [0.15, 0.2) is 0 Å². The van der Waals surface area contributed by atoms with E-state index in [4.69, 9.17) is 0 Å². The van der Waals surface area contributed by atoms with E-state index < -0.39 is 0 Å². The van der Waals surface area contributed by atoms with Crippen LogP contribution in [0.5, 0.6) is 0 Å². The molecule has 6 nitrogen and oxygen atoms in total. The van der Waals surface area contributed by atoms with Gasteiger partial charge in [0.2, 0.25) is 0 Å². The third-order valence-corrected chi connectivity index (χ3v) is 4.01. The third-order valence-electron chi connectivity index (χ3n) is 4.01. The molecule has 0 amide bonds. The second-order valence-corrected chi connectivity index (χ2v) is 6.37. The lowest BCUT2D eigenvalue weighted by atomic mass is 10.2. The van der Waals surface area contributed by atoms with Gasteiger partial charge in [-0.15, -0.1) is 5.10 Å². The summed E-state index contributed by atoms with van der Waals surface area (Å²) < 4.78 is 1.97. The fourth-order valence-electron chi connectivity index (χ4n) is 2.63. The van der Waals surface area contributed by atoms with Crippen LogP contribution in [0, 0.1) is 0 Å². The zero-order valence-corrected chi connectivity index (χ0v) is 13.9. The van der Waals surface area contributed by atoms with E-state index in [1.54, 1.807) is 0 Å². The first-order valence-electron chi connectivity index (χ1n) is 8.09. The lowest BCUT2D eigenvalue weighted by Crippen LogP contribution is -2.41. The molecular weight excluding hydrogens is 264 g/mol. The molecule has 1 unspecified atom stereocenters. The van der Waals surface area contributed by atoms with Gasteiger partial charge in [-0.3, -0.25) is 9.58 Å². The fraction of sp³-hybridized carbons (Fsp3) is 0.867. The van der Waals surface area contributed by atoms with Gasteiger partial charge in [-0.25, -0.2) is 0 Å². The van der Waals surface area contributed by atoms with E-state index in [0.29, 0.717) is 6.04 Å². The van der Waals surface area contributed by atoms with Crippen LogP contribution in [0.2, 0.25) is 0 Å². The summed E-state index contributed by atoms with van der Waals surface area (Å²) in [5, 5.41) is 11.9. The summed E-state index contributed by atoms with van der Waals surface area (Å²) in [7, 11) is 4.25. The van der Waals surface area contributed by atoms with Gasteiger partial charge in [0.1, 0.15) is 0 Å². The van der Waals surface area contributed by atoms with Gasteiger partial charge in [-0.1, -0.05) is 12.1 Å². The minimum atomic E-state index is 0.560. The molecular formula is C15H30N6. The van der Waals surface area contributed by atoms with Gasteiger partial charge in [0, 0.05) is 37.9 Å². The molecule has 1 aliphatic rings. The van der Waals surface area contributed by atoms with E-state index in [0.717, 1.165) is 44.5 Å². The minimum absolute atomic E-state index is 0.560. The Kier molecular flexibility index (Phi) is 6.14. The normalized spacial score (nSPS) is 16.9. The molecule has 6 heteroatoms. The molecule has 1 aromatic heterocycles. The van der Waals surface area contributed by atoms with Crippen molar-refractivity contribution in [2.75, 3.05) is 33.7 Å². The van der Waals surface area contributed by atoms with Crippen molar-refractivity contribution < 1.29 is 0 Å². The first-order valence-corrected chi connectivity index (χ1v) is 8.09. The average molecular weight is 294 g/mol. The molecule has 0 bridgehead atoms. The predicted molar refractivity (Wildman–Crippen MR) is 85.1 cm³/mol. The smallest absolute Gasteiger partial charge is 0.0964 e. The van der Waals surface area contributed by atoms with Gasteiger partial charge in [0.05, 0.1) is 12.2 Å². The molecule has 120 valence electrons. The van der Waals surface area contributed by atoms with Gasteiger partial charge < -0.3 is 10.2 Å². The summed E-state index contributed by atoms with van der Waals surface area (Å²) in [5.41, 5.74) is 1.05. The maximum atomic E-state index is 4.24. The van der Waals surface area contributed by atoms with Crippen LogP contribution in [-0.4, -0.2) is 70.6 Å². The van der Waals surface area contributed by atoms with Crippen LogP contribution in [0.15, 0.2) is 6.20 Å². The highest BCUT2D eigenvalue weighted by molar-refractivity contribution is 4.94. The Bertz CT molecular complexity index is 412. The van der Waals surface area contributed by atoms with Crippen molar-refractivity contribution in [3.8, 4) is 0 Å². The number of rotatable bonds is 10. The highest BCUT2D eigenvalue weighted by Crippen LogP contribution is 2.18. The molecule has 0 saturated heterocycles. The molecule has 0 radical (unpaired) electrons. The van der Waals surface area contributed by atoms with E-state index in [9.17, 15) is 0 Å². The third kappa shape index (κ3) is 5.73. The van der Waals surface area contributed by atoms with Crippen LogP contribution in [0.1, 0.15) is 32.4 Å². The molecule has 0 spiro atoms. The van der Waals surface area contributed by atoms with E-state index in [2.05, 4.69) is 59.6 Å². The summed E-state index contributed by atoms with van der Waals surface area (Å²) >= 11 is 0. The number of aromatic nitrogens is 3. The highest BCUT2D eigenvalue weighted by atomic mass is 15.4. The summed E-state index contributed by atoms with van der Waals surface area (Å²) in [6.45, 7) is 9.43. The first kappa shape index (κ1) is 16.4. The van der Waals surface area contributed by atoms with Crippen LogP contribution < -0.4 is 5.32 Å². The first-order chi connectivity index (χ1) is 10.1. The van der Waals surface area contributed by atoms with Crippen LogP contribution in [-0.2, 0) is 13.1 Å². The van der Waals surface area contributed by atoms with E-state index in [-0.39, 0.29) is 0 Å². The van der Waals surface area contributed by atoms with Crippen LogP contribution in [0.4, 0.5) is 0 Å². The summed E-state index contributed by atoms with van der Waals surface area (Å²) in [5.74, 6) is 0. The molecule has 0 aromatic carbocycles. The Labute approximate surface area is 128 Å². The number of hydrogen-bond donors (Lipinski definition) is 1. The molecule has 2 rings (SSSR count). The van der Waals surface area contributed by atoms with Crippen molar-refractivity contribution >= 4 is 0 Å². The molecule has 1 atom stereocenters. The SMILES string of the molecule is CCN(CCn1cc(CNC2CC2)nn1)C(C)CN(C)C. The fourth-order valence-corrected chi connectivity index (χ4v) is 2.63. The Hall–Kier alpha value is -0.980. The van der Waals surface area contributed by atoms with Crippen molar-refractivity contribution in [3.63, 3.8) is 0 Å². The van der Waals surface area contributed by atoms with Crippen LogP contribution in [0.25, 0.3) is 0 Å². The molecule has 1 aromatic rings. The molecule has 1 aliphatic carbocycles. The molecule has 21 heavy (non-hydrogen) atoms. The van der Waals surface area contributed by atoms with Crippen molar-refractivity contribution in [3.05, 3.63) is 11.9 Å². The average Bonchev–Trinajstić information content (AvgIpc) is 3.15. The monoisotopic (exact) mass is 294 g/mol. The van der Waals surface area contributed by atoms with Crippen molar-refractivity contribution in [2.45, 2.75) is 51.9 Å². The highest BCUT2D eigenvalue weighted by Gasteiger charge is 2.20. The molecule has 1 saturated carbocycles. The maximum Gasteiger partial charge on any atom is 0.0964 e. The lowest BCUT2D eigenvalue weighted by Gasteiger charge is -2.29. The number of hydrogen-bond acceptors (Lipinski definition) is 5. The molecule has 1 heterocycles. The Morgan fingerprint density at radius 2 is 2.19 bits per heavy atom. The van der Waals surface area contributed by atoms with Gasteiger partial charge in [-0.05, 0) is 40.4 Å². The minimum Gasteiger partial charge on any atom is -0.308 e. The molecule has 0 aliphatic heterocycles. The molecule has 1 N–H and O–H groups in total. The zero-order chi connectivity index (χ0) is 15.2. The van der Waals surface area contributed by atoms with E-state index >= 15 is 0 Å². The standard InChI is InChI=1S/C15H30N6/c1-5-20(13(2)11-19(3)4)8-9-21-12-15(17-18-21)10-16-14-6-7-14/h12-14,16H,5-11H2,1-4H3. The second kappa shape index (κ2) is 7.87. The number of likely N-dealkylation sites (N-methyl/N-ethyl adjacent to an activating group) is 2. The molecule has 1 fully saturated rings. The summed E-state index contributed by atoms with van der Waals surface area (Å²) in [4.78, 5) is 4.73. The quantitative estimate of drug-likeness (QED) is 0.692. The van der Waals surface area contributed by atoms with Crippen molar-refractivity contribution in [1.82, 2.24) is 30.1 Å². The summed E-state index contributed by atoms with van der Waals surface area (Å²) in [6.07, 6.45) is 4.69. The van der Waals surface area contributed by atoms with Gasteiger partial charge >= 0.3 is 0 Å². The van der Waals surface area contributed by atoms with E-state index in [1.807, 2.05) is 4.68 Å². The van der Waals surface area contributed by atoms with Gasteiger partial charge in [-0.2, -0.15) is 0 Å². The number of nitrogens with zero attached hydrogens (tertiary/aromatic N) is 5. The van der Waals surface area contributed by atoms with E-state index in [1.165, 1.54) is 12.8 Å².